The lowest BCUT2D eigenvalue weighted by atomic mass is 10.1. The third-order valence-electron chi connectivity index (χ3n) is 3.37. The molecule has 0 aliphatic rings. The first-order valence-corrected chi connectivity index (χ1v) is 8.86. The van der Waals surface area contributed by atoms with Crippen molar-refractivity contribution in [2.24, 2.45) is 0 Å². The lowest BCUT2D eigenvalue weighted by Gasteiger charge is -2.07. The van der Waals surface area contributed by atoms with Crippen LogP contribution in [0.3, 0.4) is 0 Å². The Hall–Kier alpha value is -2.81. The highest BCUT2D eigenvalue weighted by atomic mass is 32.2. The van der Waals surface area contributed by atoms with E-state index in [1.807, 2.05) is 32.0 Å². The SMILES string of the molecule is Cc1ccc(C)c(OCc2nnc(SCC(=O)Nc3cc(C)on3)o2)c1. The summed E-state index contributed by atoms with van der Waals surface area (Å²) in [5.74, 6) is 2.00. The smallest absolute Gasteiger partial charge is 0.277 e. The van der Waals surface area contributed by atoms with Crippen LogP contribution < -0.4 is 10.1 Å². The molecule has 2 heterocycles. The summed E-state index contributed by atoms with van der Waals surface area (Å²) < 4.78 is 16.1. The minimum atomic E-state index is -0.241. The largest absolute Gasteiger partial charge is 0.484 e. The summed E-state index contributed by atoms with van der Waals surface area (Å²) in [6, 6.07) is 7.61. The van der Waals surface area contributed by atoms with Crippen molar-refractivity contribution in [3.8, 4) is 5.75 Å². The number of aryl methyl sites for hydroxylation is 3. The van der Waals surface area contributed by atoms with E-state index in [1.165, 1.54) is 0 Å². The molecule has 0 radical (unpaired) electrons. The van der Waals surface area contributed by atoms with E-state index in [0.29, 0.717) is 22.7 Å². The summed E-state index contributed by atoms with van der Waals surface area (Å²) in [5.41, 5.74) is 2.14. The van der Waals surface area contributed by atoms with E-state index in [2.05, 4.69) is 20.7 Å². The van der Waals surface area contributed by atoms with Crippen LogP contribution in [0.2, 0.25) is 0 Å². The summed E-state index contributed by atoms with van der Waals surface area (Å²) in [4.78, 5) is 11.9. The molecule has 136 valence electrons. The predicted molar refractivity (Wildman–Crippen MR) is 95.1 cm³/mol. The monoisotopic (exact) mass is 374 g/mol. The van der Waals surface area contributed by atoms with Gasteiger partial charge in [0.1, 0.15) is 11.5 Å². The number of benzene rings is 1. The molecule has 0 saturated heterocycles. The second kappa shape index (κ2) is 8.05. The Morgan fingerprint density at radius 3 is 2.85 bits per heavy atom. The summed E-state index contributed by atoms with van der Waals surface area (Å²) in [5, 5.41) is 14.4. The van der Waals surface area contributed by atoms with Gasteiger partial charge in [-0.2, -0.15) is 0 Å². The fourth-order valence-electron chi connectivity index (χ4n) is 2.09. The van der Waals surface area contributed by atoms with Crippen LogP contribution in [-0.2, 0) is 11.4 Å². The van der Waals surface area contributed by atoms with Crippen LogP contribution in [0.5, 0.6) is 5.75 Å². The first-order valence-electron chi connectivity index (χ1n) is 7.88. The molecule has 0 saturated carbocycles. The Bertz CT molecular complexity index is 906. The molecule has 1 aromatic carbocycles. The maximum Gasteiger partial charge on any atom is 0.277 e. The molecule has 0 aliphatic carbocycles. The van der Waals surface area contributed by atoms with Crippen molar-refractivity contribution in [2.45, 2.75) is 32.6 Å². The van der Waals surface area contributed by atoms with Gasteiger partial charge < -0.3 is 19.0 Å². The maximum absolute atomic E-state index is 11.9. The van der Waals surface area contributed by atoms with Crippen LogP contribution in [0.15, 0.2) is 38.4 Å². The van der Waals surface area contributed by atoms with E-state index in [-0.39, 0.29) is 18.3 Å². The average molecular weight is 374 g/mol. The first kappa shape index (κ1) is 18.0. The molecule has 0 aliphatic heterocycles. The number of nitrogens with zero attached hydrogens (tertiary/aromatic N) is 3. The number of anilines is 1. The van der Waals surface area contributed by atoms with Gasteiger partial charge in [0.15, 0.2) is 12.4 Å². The van der Waals surface area contributed by atoms with E-state index in [0.717, 1.165) is 28.6 Å². The van der Waals surface area contributed by atoms with Crippen molar-refractivity contribution in [1.82, 2.24) is 15.4 Å². The van der Waals surface area contributed by atoms with Crippen molar-refractivity contribution in [3.63, 3.8) is 0 Å². The van der Waals surface area contributed by atoms with Crippen molar-refractivity contribution >= 4 is 23.5 Å². The Labute approximate surface area is 154 Å². The summed E-state index contributed by atoms with van der Waals surface area (Å²) in [6.07, 6.45) is 0. The molecule has 8 nitrogen and oxygen atoms in total. The third kappa shape index (κ3) is 4.85. The molecule has 26 heavy (non-hydrogen) atoms. The van der Waals surface area contributed by atoms with Crippen LogP contribution in [0.25, 0.3) is 0 Å². The molecule has 3 aromatic rings. The van der Waals surface area contributed by atoms with E-state index < -0.39 is 0 Å². The predicted octanol–water partition coefficient (Wildman–Crippen LogP) is 3.29. The zero-order valence-corrected chi connectivity index (χ0v) is 15.4. The molecule has 0 spiro atoms. The van der Waals surface area contributed by atoms with Gasteiger partial charge >= 0.3 is 0 Å². The number of amides is 1. The van der Waals surface area contributed by atoms with Crippen LogP contribution in [0.4, 0.5) is 5.82 Å². The molecular formula is C17H18N4O4S. The normalized spacial score (nSPS) is 10.7. The first-order chi connectivity index (χ1) is 12.5. The van der Waals surface area contributed by atoms with Gasteiger partial charge in [0.2, 0.25) is 5.91 Å². The van der Waals surface area contributed by atoms with Crippen molar-refractivity contribution in [2.75, 3.05) is 11.1 Å². The van der Waals surface area contributed by atoms with Crippen molar-refractivity contribution in [1.29, 1.82) is 0 Å². The molecule has 0 atom stereocenters. The quantitative estimate of drug-likeness (QED) is 0.628. The lowest BCUT2D eigenvalue weighted by molar-refractivity contribution is -0.113. The molecule has 0 fully saturated rings. The van der Waals surface area contributed by atoms with E-state index in [1.54, 1.807) is 13.0 Å². The summed E-state index contributed by atoms with van der Waals surface area (Å²) in [6.45, 7) is 5.89. The number of thioether (sulfide) groups is 1. The average Bonchev–Trinajstić information content (AvgIpc) is 3.23. The Kier molecular flexibility index (Phi) is 5.57. The van der Waals surface area contributed by atoms with E-state index in [4.69, 9.17) is 13.7 Å². The van der Waals surface area contributed by atoms with Crippen molar-refractivity contribution < 1.29 is 18.5 Å². The zero-order chi connectivity index (χ0) is 18.5. The van der Waals surface area contributed by atoms with Gasteiger partial charge in [0.25, 0.3) is 11.1 Å². The number of hydrogen-bond donors (Lipinski definition) is 1. The Morgan fingerprint density at radius 1 is 1.23 bits per heavy atom. The fraction of sp³-hybridized carbons (Fsp3) is 0.294. The van der Waals surface area contributed by atoms with E-state index in [9.17, 15) is 4.79 Å². The summed E-state index contributed by atoms with van der Waals surface area (Å²) in [7, 11) is 0. The minimum Gasteiger partial charge on any atom is -0.484 e. The summed E-state index contributed by atoms with van der Waals surface area (Å²) >= 11 is 1.14. The number of ether oxygens (including phenoxy) is 1. The maximum atomic E-state index is 11.9. The van der Waals surface area contributed by atoms with Gasteiger partial charge in [-0.1, -0.05) is 29.1 Å². The lowest BCUT2D eigenvalue weighted by Crippen LogP contribution is -2.14. The standard InChI is InChI=1S/C17H18N4O4S/c1-10-4-5-11(2)13(6-10)23-8-16-19-20-17(24-16)26-9-15(22)18-14-7-12(3)25-21-14/h4-7H,8-9H2,1-3H3,(H,18,21,22). The van der Waals surface area contributed by atoms with Crippen LogP contribution in [0, 0.1) is 20.8 Å². The third-order valence-corrected chi connectivity index (χ3v) is 4.18. The highest BCUT2D eigenvalue weighted by Gasteiger charge is 2.12. The van der Waals surface area contributed by atoms with Gasteiger partial charge in [-0.05, 0) is 38.0 Å². The van der Waals surface area contributed by atoms with Crippen LogP contribution in [0.1, 0.15) is 22.8 Å². The number of carbonyl (C=O) groups is 1. The molecule has 3 rings (SSSR count). The molecular weight excluding hydrogens is 356 g/mol. The number of nitrogens with one attached hydrogen (secondary N) is 1. The number of carbonyl (C=O) groups excluding carboxylic acids is 1. The molecule has 9 heteroatoms. The number of hydrogen-bond acceptors (Lipinski definition) is 8. The highest BCUT2D eigenvalue weighted by Crippen LogP contribution is 2.21. The highest BCUT2D eigenvalue weighted by molar-refractivity contribution is 7.99. The molecule has 2 aromatic heterocycles. The molecule has 0 bridgehead atoms. The van der Waals surface area contributed by atoms with E-state index >= 15 is 0 Å². The molecule has 1 amide bonds. The Balaban J connectivity index is 1.48. The fourth-order valence-corrected chi connectivity index (χ4v) is 2.67. The van der Waals surface area contributed by atoms with Gasteiger partial charge in [0.05, 0.1) is 5.75 Å². The number of rotatable bonds is 7. The van der Waals surface area contributed by atoms with Gasteiger partial charge in [-0.25, -0.2) is 0 Å². The van der Waals surface area contributed by atoms with Gasteiger partial charge in [-0.3, -0.25) is 4.79 Å². The van der Waals surface area contributed by atoms with Crippen LogP contribution >= 0.6 is 11.8 Å². The molecule has 1 N–H and O–H groups in total. The Morgan fingerprint density at radius 2 is 2.08 bits per heavy atom. The topological polar surface area (TPSA) is 103 Å². The number of aromatic nitrogens is 3. The zero-order valence-electron chi connectivity index (χ0n) is 14.6. The van der Waals surface area contributed by atoms with Crippen LogP contribution in [-0.4, -0.2) is 27.0 Å². The second-order valence-corrected chi connectivity index (χ2v) is 6.61. The minimum absolute atomic E-state index is 0.116. The second-order valence-electron chi connectivity index (χ2n) is 5.68. The van der Waals surface area contributed by atoms with Gasteiger partial charge in [-0.15, -0.1) is 10.2 Å². The van der Waals surface area contributed by atoms with Crippen molar-refractivity contribution in [3.05, 3.63) is 47.0 Å². The van der Waals surface area contributed by atoms with Gasteiger partial charge in [0, 0.05) is 6.07 Å². The molecule has 0 unspecified atom stereocenters.